The molecule has 2 N–H and O–H groups in total. The maximum Gasteiger partial charge on any atom is 0.257 e. The predicted molar refractivity (Wildman–Crippen MR) is 94.5 cm³/mol. The van der Waals surface area contributed by atoms with Crippen LogP contribution in [0.2, 0.25) is 0 Å². The van der Waals surface area contributed by atoms with Gasteiger partial charge in [-0.1, -0.05) is 0 Å². The van der Waals surface area contributed by atoms with Crippen LogP contribution >= 0.6 is 28.1 Å². The summed E-state index contributed by atoms with van der Waals surface area (Å²) in [6.07, 6.45) is 0. The highest BCUT2D eigenvalue weighted by molar-refractivity contribution is 9.10. The average molecular weight is 389 g/mol. The Morgan fingerprint density at radius 2 is 2.00 bits per heavy atom. The topological polar surface area (TPSA) is 59.6 Å². The fourth-order valence-corrected chi connectivity index (χ4v) is 2.43. The van der Waals surface area contributed by atoms with Gasteiger partial charge in [-0.25, -0.2) is 0 Å². The molecule has 0 fully saturated rings. The number of carbonyl (C=O) groups is 1. The lowest BCUT2D eigenvalue weighted by Crippen LogP contribution is -2.48. The number of rotatable bonds is 5. The number of ether oxygens (including phenoxy) is 2. The summed E-state index contributed by atoms with van der Waals surface area (Å²) in [4.78, 5) is 12.1. The molecule has 1 aromatic carbocycles. The van der Waals surface area contributed by atoms with E-state index in [0.29, 0.717) is 34.1 Å². The molecular weight excluding hydrogens is 368 g/mol. The Bertz CT molecular complexity index is 544. The van der Waals surface area contributed by atoms with Gasteiger partial charge in [-0.15, -0.1) is 0 Å². The second-order valence-corrected chi connectivity index (χ2v) is 6.91. The number of methoxy groups -OCH3 is 1. The zero-order valence-electron chi connectivity index (χ0n) is 13.2. The maximum absolute atomic E-state index is 12.1. The predicted octanol–water partition coefficient (Wildman–Crippen LogP) is 2.88. The molecule has 7 heteroatoms. The van der Waals surface area contributed by atoms with Gasteiger partial charge in [-0.2, -0.15) is 0 Å². The van der Waals surface area contributed by atoms with Crippen LogP contribution in [0.5, 0.6) is 5.75 Å². The van der Waals surface area contributed by atoms with Crippen LogP contribution in [0, 0.1) is 0 Å². The number of hydrogen-bond donors (Lipinski definition) is 2. The number of thiocarbonyl (C=S) groups is 1. The van der Waals surface area contributed by atoms with E-state index in [1.165, 1.54) is 0 Å². The van der Waals surface area contributed by atoms with Crippen molar-refractivity contribution in [3.63, 3.8) is 0 Å². The van der Waals surface area contributed by atoms with Crippen molar-refractivity contribution < 1.29 is 14.3 Å². The summed E-state index contributed by atoms with van der Waals surface area (Å²) in [5.74, 6) is 0.384. The zero-order valence-corrected chi connectivity index (χ0v) is 15.6. The quantitative estimate of drug-likeness (QED) is 0.599. The molecule has 122 valence electrons. The van der Waals surface area contributed by atoms with E-state index >= 15 is 0 Å². The lowest BCUT2D eigenvalue weighted by Gasteiger charge is -2.22. The van der Waals surface area contributed by atoms with Crippen LogP contribution in [0.4, 0.5) is 0 Å². The monoisotopic (exact) mass is 388 g/mol. The number of carbonyl (C=O) groups excluding carboxylic acids is 1. The molecule has 22 heavy (non-hydrogen) atoms. The fourth-order valence-electron chi connectivity index (χ4n) is 1.54. The van der Waals surface area contributed by atoms with Gasteiger partial charge in [0.25, 0.3) is 5.91 Å². The third-order valence-corrected chi connectivity index (χ3v) is 3.28. The Morgan fingerprint density at radius 3 is 2.55 bits per heavy atom. The second kappa shape index (κ2) is 8.45. The summed E-state index contributed by atoms with van der Waals surface area (Å²) in [6.45, 7) is 6.85. The lowest BCUT2D eigenvalue weighted by molar-refractivity contribution is 0.0976. The molecule has 1 aromatic rings. The first kappa shape index (κ1) is 18.9. The van der Waals surface area contributed by atoms with E-state index in [0.717, 1.165) is 0 Å². The van der Waals surface area contributed by atoms with Crippen LogP contribution in [0.1, 0.15) is 31.1 Å². The van der Waals surface area contributed by atoms with Crippen molar-refractivity contribution in [1.82, 2.24) is 10.6 Å². The molecule has 0 aliphatic heterocycles. The SMILES string of the molecule is COCCOc1ccc(C(=O)NC(=S)NC(C)(C)C)cc1Br. The lowest BCUT2D eigenvalue weighted by atomic mass is 10.1. The van der Waals surface area contributed by atoms with E-state index in [4.69, 9.17) is 21.7 Å². The molecule has 0 unspecified atom stereocenters. The summed E-state index contributed by atoms with van der Waals surface area (Å²) in [6, 6.07) is 5.11. The standard InChI is InChI=1S/C15H21BrN2O3S/c1-15(2,3)18-14(22)17-13(19)10-5-6-12(11(16)9-10)21-8-7-20-4/h5-6,9H,7-8H2,1-4H3,(H2,17,18,19,22). The van der Waals surface area contributed by atoms with Gasteiger partial charge in [0.05, 0.1) is 11.1 Å². The van der Waals surface area contributed by atoms with Gasteiger partial charge in [-0.05, 0) is 67.1 Å². The van der Waals surface area contributed by atoms with Gasteiger partial charge >= 0.3 is 0 Å². The minimum absolute atomic E-state index is 0.204. The zero-order chi connectivity index (χ0) is 16.8. The highest BCUT2D eigenvalue weighted by Gasteiger charge is 2.15. The first-order valence-electron chi connectivity index (χ1n) is 6.77. The van der Waals surface area contributed by atoms with Crippen molar-refractivity contribution >= 4 is 39.2 Å². The van der Waals surface area contributed by atoms with Gasteiger partial charge in [0.2, 0.25) is 0 Å². The summed E-state index contributed by atoms with van der Waals surface area (Å²) in [5, 5.41) is 5.98. The highest BCUT2D eigenvalue weighted by Crippen LogP contribution is 2.26. The number of amides is 1. The summed E-state index contributed by atoms with van der Waals surface area (Å²) >= 11 is 8.50. The Morgan fingerprint density at radius 1 is 1.32 bits per heavy atom. The molecule has 0 atom stereocenters. The van der Waals surface area contributed by atoms with Crippen LogP contribution in [0.15, 0.2) is 22.7 Å². The van der Waals surface area contributed by atoms with Crippen LogP contribution < -0.4 is 15.4 Å². The summed E-state index contributed by atoms with van der Waals surface area (Å²) in [5.41, 5.74) is 0.285. The van der Waals surface area contributed by atoms with Gasteiger partial charge in [0.1, 0.15) is 12.4 Å². The second-order valence-electron chi connectivity index (χ2n) is 5.64. The van der Waals surface area contributed by atoms with Gasteiger partial charge in [-0.3, -0.25) is 10.1 Å². The Kier molecular flexibility index (Phi) is 7.25. The van der Waals surface area contributed by atoms with E-state index in [1.54, 1.807) is 25.3 Å². The molecule has 0 heterocycles. The van der Waals surface area contributed by atoms with Crippen LogP contribution in [-0.4, -0.2) is 36.9 Å². The summed E-state index contributed by atoms with van der Waals surface area (Å²) < 4.78 is 11.1. The van der Waals surface area contributed by atoms with E-state index < -0.39 is 0 Å². The van der Waals surface area contributed by atoms with Gasteiger partial charge < -0.3 is 14.8 Å². The largest absolute Gasteiger partial charge is 0.490 e. The van der Waals surface area contributed by atoms with Crippen molar-refractivity contribution in [2.24, 2.45) is 0 Å². The van der Waals surface area contributed by atoms with Gasteiger partial charge in [0.15, 0.2) is 5.11 Å². The van der Waals surface area contributed by atoms with Crippen molar-refractivity contribution in [2.45, 2.75) is 26.3 Å². The van der Waals surface area contributed by atoms with E-state index in [1.807, 2.05) is 20.8 Å². The van der Waals surface area contributed by atoms with Crippen molar-refractivity contribution in [3.05, 3.63) is 28.2 Å². The number of nitrogens with one attached hydrogen (secondary N) is 2. The highest BCUT2D eigenvalue weighted by atomic mass is 79.9. The first-order chi connectivity index (χ1) is 10.2. The van der Waals surface area contributed by atoms with Crippen molar-refractivity contribution in [2.75, 3.05) is 20.3 Å². The summed E-state index contributed by atoms with van der Waals surface area (Å²) in [7, 11) is 1.61. The molecule has 1 rings (SSSR count). The van der Waals surface area contributed by atoms with E-state index in [-0.39, 0.29) is 11.4 Å². The van der Waals surface area contributed by atoms with Gasteiger partial charge in [0, 0.05) is 18.2 Å². The molecule has 5 nitrogen and oxygen atoms in total. The average Bonchev–Trinajstić information content (AvgIpc) is 2.38. The molecule has 0 aliphatic rings. The third kappa shape index (κ3) is 6.72. The normalized spacial score (nSPS) is 11.0. The third-order valence-electron chi connectivity index (χ3n) is 2.45. The van der Waals surface area contributed by atoms with E-state index in [9.17, 15) is 4.79 Å². The molecule has 0 aliphatic carbocycles. The molecule has 0 saturated heterocycles. The molecule has 1 amide bonds. The Balaban J connectivity index is 2.67. The molecular formula is C15H21BrN2O3S. The Hall–Kier alpha value is -1.18. The number of halogens is 1. The Labute approximate surface area is 144 Å². The van der Waals surface area contributed by atoms with Crippen LogP contribution in [0.3, 0.4) is 0 Å². The molecule has 0 saturated carbocycles. The van der Waals surface area contributed by atoms with Crippen LogP contribution in [0.25, 0.3) is 0 Å². The molecule has 0 bridgehead atoms. The maximum atomic E-state index is 12.1. The fraction of sp³-hybridized carbons (Fsp3) is 0.467. The number of hydrogen-bond acceptors (Lipinski definition) is 4. The molecule has 0 radical (unpaired) electrons. The minimum atomic E-state index is -0.272. The van der Waals surface area contributed by atoms with Crippen LogP contribution in [-0.2, 0) is 4.74 Å². The first-order valence-corrected chi connectivity index (χ1v) is 7.98. The van der Waals surface area contributed by atoms with Crippen molar-refractivity contribution in [1.29, 1.82) is 0 Å². The van der Waals surface area contributed by atoms with Crippen molar-refractivity contribution in [3.8, 4) is 5.75 Å². The molecule has 0 spiro atoms. The smallest absolute Gasteiger partial charge is 0.257 e. The number of benzene rings is 1. The minimum Gasteiger partial charge on any atom is -0.490 e. The molecule has 0 aromatic heterocycles. The van der Waals surface area contributed by atoms with E-state index in [2.05, 4.69) is 26.6 Å².